The van der Waals surface area contributed by atoms with E-state index in [0.29, 0.717) is 19.3 Å². The molecular weight excluding hydrogens is 1020 g/mol. The minimum absolute atomic E-state index is 0.0424. The Bertz CT molecular complexity index is 1820. The molecule has 0 aromatic carbocycles. The van der Waals surface area contributed by atoms with Gasteiger partial charge in [0.15, 0.2) is 24.6 Å². The first-order chi connectivity index (χ1) is 39.6. The van der Waals surface area contributed by atoms with Gasteiger partial charge in [-0.25, -0.2) is 4.79 Å². The van der Waals surface area contributed by atoms with Crippen LogP contribution >= 0.6 is 0 Å². The summed E-state index contributed by atoms with van der Waals surface area (Å²) in [6.07, 6.45) is 63.2. The molecule has 0 aromatic heterocycles. The van der Waals surface area contributed by atoms with Crippen LogP contribution in [0, 0.1) is 0 Å². The lowest BCUT2D eigenvalue weighted by molar-refractivity contribution is -0.301. The van der Waals surface area contributed by atoms with Gasteiger partial charge in [0, 0.05) is 19.3 Å². The van der Waals surface area contributed by atoms with Crippen molar-refractivity contribution in [3.63, 3.8) is 0 Å². The Balaban J connectivity index is 2.69. The predicted octanol–water partition coefficient (Wildman–Crippen LogP) is 17.0. The number of unbranched alkanes of at least 4 members (excludes halogenated alkanes) is 21. The zero-order chi connectivity index (χ0) is 58.9. The molecular formula is C69H112O12. The highest BCUT2D eigenvalue weighted by Crippen LogP contribution is 2.26. The molecule has 0 aliphatic carbocycles. The molecule has 1 rings (SSSR count). The molecule has 6 atom stereocenters. The molecule has 1 aliphatic heterocycles. The second-order valence-corrected chi connectivity index (χ2v) is 21.2. The molecule has 460 valence electrons. The van der Waals surface area contributed by atoms with Gasteiger partial charge in [-0.1, -0.05) is 226 Å². The van der Waals surface area contributed by atoms with E-state index in [0.717, 1.165) is 186 Å². The van der Waals surface area contributed by atoms with Crippen molar-refractivity contribution in [3.8, 4) is 0 Å². The summed E-state index contributed by atoms with van der Waals surface area (Å²) in [5, 5.41) is 31.6. The average molecular weight is 1130 g/mol. The van der Waals surface area contributed by atoms with Crippen molar-refractivity contribution >= 4 is 23.9 Å². The van der Waals surface area contributed by atoms with Gasteiger partial charge in [0.05, 0.1) is 6.61 Å². The molecule has 12 heteroatoms. The lowest BCUT2D eigenvalue weighted by Gasteiger charge is -2.40. The molecule has 81 heavy (non-hydrogen) atoms. The molecule has 0 spiro atoms. The topological polar surface area (TPSA) is 175 Å². The fraction of sp³-hybridized carbons (Fsp3) is 0.681. The quantitative estimate of drug-likeness (QED) is 0.0228. The summed E-state index contributed by atoms with van der Waals surface area (Å²) in [6, 6.07) is 0. The van der Waals surface area contributed by atoms with E-state index in [1.807, 2.05) is 0 Å². The van der Waals surface area contributed by atoms with Gasteiger partial charge in [-0.2, -0.15) is 0 Å². The van der Waals surface area contributed by atoms with Crippen LogP contribution in [0.5, 0.6) is 0 Å². The number of ether oxygens (including phenoxy) is 5. The number of hydrogen-bond donors (Lipinski definition) is 3. The highest BCUT2D eigenvalue weighted by molar-refractivity contribution is 5.74. The number of carboxylic acid groups (broad SMARTS) is 1. The van der Waals surface area contributed by atoms with E-state index >= 15 is 0 Å². The van der Waals surface area contributed by atoms with Gasteiger partial charge in [0.1, 0.15) is 18.8 Å². The van der Waals surface area contributed by atoms with Crippen molar-refractivity contribution in [2.24, 2.45) is 0 Å². The van der Waals surface area contributed by atoms with Gasteiger partial charge in [0.2, 0.25) is 0 Å². The first-order valence-corrected chi connectivity index (χ1v) is 31.9. The van der Waals surface area contributed by atoms with Gasteiger partial charge in [-0.15, -0.1) is 0 Å². The monoisotopic (exact) mass is 1130 g/mol. The van der Waals surface area contributed by atoms with Crippen molar-refractivity contribution in [3.05, 3.63) is 109 Å². The number of carboxylic acids is 1. The Morgan fingerprint density at radius 1 is 0.407 bits per heavy atom. The second-order valence-electron chi connectivity index (χ2n) is 21.2. The van der Waals surface area contributed by atoms with Crippen LogP contribution < -0.4 is 0 Å². The maximum atomic E-state index is 13.2. The fourth-order valence-electron chi connectivity index (χ4n) is 9.06. The van der Waals surface area contributed by atoms with Gasteiger partial charge in [-0.05, 0) is 116 Å². The van der Waals surface area contributed by atoms with Crippen molar-refractivity contribution in [1.29, 1.82) is 0 Å². The number of aliphatic hydroxyl groups is 2. The molecule has 0 amide bonds. The lowest BCUT2D eigenvalue weighted by atomic mass is 9.98. The molecule has 1 saturated heterocycles. The first-order valence-electron chi connectivity index (χ1n) is 31.9. The van der Waals surface area contributed by atoms with E-state index in [1.165, 1.54) is 6.42 Å². The van der Waals surface area contributed by atoms with Crippen LogP contribution in [0.4, 0.5) is 0 Å². The molecule has 0 aromatic rings. The number of carbonyl (C=O) groups is 4. The van der Waals surface area contributed by atoms with E-state index in [2.05, 4.69) is 130 Å². The van der Waals surface area contributed by atoms with Crippen molar-refractivity contribution < 1.29 is 58.2 Å². The summed E-state index contributed by atoms with van der Waals surface area (Å²) >= 11 is 0. The Morgan fingerprint density at radius 2 is 0.741 bits per heavy atom. The Morgan fingerprint density at radius 3 is 1.12 bits per heavy atom. The summed E-state index contributed by atoms with van der Waals surface area (Å²) in [7, 11) is 0. The highest BCUT2D eigenvalue weighted by Gasteiger charge is 2.50. The minimum atomic E-state index is -1.92. The maximum Gasteiger partial charge on any atom is 0.335 e. The van der Waals surface area contributed by atoms with Crippen LogP contribution in [0.15, 0.2) is 109 Å². The zero-order valence-electron chi connectivity index (χ0n) is 50.7. The Labute approximate surface area is 491 Å². The Kier molecular flexibility index (Phi) is 51.3. The van der Waals surface area contributed by atoms with Crippen LogP contribution in [-0.4, -0.2) is 89.2 Å². The first kappa shape index (κ1) is 74.4. The van der Waals surface area contributed by atoms with Crippen LogP contribution in [0.2, 0.25) is 0 Å². The number of aliphatic carboxylic acids is 1. The number of hydrogen-bond acceptors (Lipinski definition) is 11. The van der Waals surface area contributed by atoms with E-state index in [4.69, 9.17) is 23.7 Å². The predicted molar refractivity (Wildman–Crippen MR) is 330 cm³/mol. The summed E-state index contributed by atoms with van der Waals surface area (Å²) in [5.41, 5.74) is 0. The molecule has 3 N–H and O–H groups in total. The molecule has 0 bridgehead atoms. The highest BCUT2D eigenvalue weighted by atomic mass is 16.7. The third-order valence-electron chi connectivity index (χ3n) is 13.8. The molecule has 12 nitrogen and oxygen atoms in total. The van der Waals surface area contributed by atoms with Gasteiger partial charge >= 0.3 is 23.9 Å². The smallest absolute Gasteiger partial charge is 0.335 e. The number of aliphatic hydroxyl groups excluding tert-OH is 2. The molecule has 0 radical (unpaired) electrons. The summed E-state index contributed by atoms with van der Waals surface area (Å²) in [6.45, 7) is 5.66. The molecule has 0 saturated carbocycles. The maximum absolute atomic E-state index is 13.2. The van der Waals surface area contributed by atoms with Gasteiger partial charge in [0.25, 0.3) is 0 Å². The van der Waals surface area contributed by atoms with E-state index in [9.17, 15) is 34.5 Å². The summed E-state index contributed by atoms with van der Waals surface area (Å²) < 4.78 is 28.5. The fourth-order valence-corrected chi connectivity index (χ4v) is 9.06. The van der Waals surface area contributed by atoms with Crippen LogP contribution in [-0.2, 0) is 42.9 Å². The zero-order valence-corrected chi connectivity index (χ0v) is 50.7. The molecule has 1 fully saturated rings. The molecule has 1 aliphatic rings. The van der Waals surface area contributed by atoms with E-state index in [-0.39, 0.29) is 25.9 Å². The van der Waals surface area contributed by atoms with Gasteiger partial charge in [-0.3, -0.25) is 14.4 Å². The van der Waals surface area contributed by atoms with Crippen LogP contribution in [0.1, 0.15) is 252 Å². The van der Waals surface area contributed by atoms with Crippen LogP contribution in [0.25, 0.3) is 0 Å². The Hall–Kier alpha value is -4.62. The standard InChI is InChI=1S/C69H112O12/c1-4-7-10-13-16-19-22-25-28-31-34-37-40-43-46-49-52-55-61(70)77-58-60(79-62(71)56-53-50-47-44-41-38-35-32-29-26-23-20-17-14-11-8-5-2)59-78-69-67(65(74)64(73)66(81-69)68(75)76)80-63(72)57-54-51-48-45-42-39-36-33-30-27-24-21-18-15-12-9-6-3/h7-12,16-21,25-30,60,64-67,69,73-74H,4-6,13-15,22-24,31-59H2,1-3H3,(H,75,76)/b10-7-,11-8-,12-9-,19-16-,20-17-,21-18-,28-25-,29-26-,30-27-. The van der Waals surface area contributed by atoms with Gasteiger partial charge < -0.3 is 39.0 Å². The van der Waals surface area contributed by atoms with Crippen molar-refractivity contribution in [1.82, 2.24) is 0 Å². The third kappa shape index (κ3) is 45.6. The number of rotatable bonds is 53. The van der Waals surface area contributed by atoms with E-state index < -0.39 is 67.3 Å². The number of allylic oxidation sites excluding steroid dienone is 18. The number of carbonyl (C=O) groups excluding carboxylic acids is 3. The summed E-state index contributed by atoms with van der Waals surface area (Å²) in [4.78, 5) is 51.3. The van der Waals surface area contributed by atoms with E-state index in [1.54, 1.807) is 0 Å². The van der Waals surface area contributed by atoms with Crippen molar-refractivity contribution in [2.75, 3.05) is 13.2 Å². The minimum Gasteiger partial charge on any atom is -0.479 e. The van der Waals surface area contributed by atoms with Crippen molar-refractivity contribution in [2.45, 2.75) is 289 Å². The molecule has 6 unspecified atom stereocenters. The molecule has 1 heterocycles. The largest absolute Gasteiger partial charge is 0.479 e. The number of esters is 3. The van der Waals surface area contributed by atoms with Crippen LogP contribution in [0.3, 0.4) is 0 Å². The SMILES string of the molecule is CC/C=C\C/C=C\C/C=C\CCCCCCCCCC(=O)OCC(COC1OC(C(=O)O)C(O)C(O)C1OC(=O)CCCCCCCCC/C=C\C/C=C\C/C=C\CC)OC(=O)CCCCCCCCC/C=C\C/C=C\C/C=C\CC. The summed E-state index contributed by atoms with van der Waals surface area (Å²) in [5.74, 6) is -3.16. The normalized spacial score (nSPS) is 18.5. The third-order valence-corrected chi connectivity index (χ3v) is 13.8. The second kappa shape index (κ2) is 55.9. The lowest BCUT2D eigenvalue weighted by Crippen LogP contribution is -2.61. The average Bonchev–Trinajstić information content (AvgIpc) is 3.53.